The summed E-state index contributed by atoms with van der Waals surface area (Å²) in [5, 5.41) is 10.9. The van der Waals surface area contributed by atoms with Gasteiger partial charge < -0.3 is 5.32 Å². The first kappa shape index (κ1) is 12.4. The summed E-state index contributed by atoms with van der Waals surface area (Å²) in [7, 11) is 0. The Morgan fingerprint density at radius 2 is 2.05 bits per heavy atom. The Hall–Kier alpha value is -1.61. The molecule has 1 saturated carbocycles. The van der Waals surface area contributed by atoms with Gasteiger partial charge in [-0.15, -0.1) is 0 Å². The van der Waals surface area contributed by atoms with Crippen LogP contribution < -0.4 is 5.32 Å². The van der Waals surface area contributed by atoms with Gasteiger partial charge in [-0.25, -0.2) is 0 Å². The van der Waals surface area contributed by atoms with Crippen molar-refractivity contribution in [2.75, 3.05) is 6.54 Å². The van der Waals surface area contributed by atoms with Crippen LogP contribution in [0.25, 0.3) is 11.3 Å². The lowest BCUT2D eigenvalue weighted by Gasteiger charge is -2.38. The molecule has 0 bridgehead atoms. The van der Waals surface area contributed by atoms with E-state index in [0.717, 1.165) is 18.8 Å². The third-order valence-electron chi connectivity index (χ3n) is 4.21. The fourth-order valence-electron chi connectivity index (χ4n) is 2.76. The molecule has 2 N–H and O–H groups in total. The minimum Gasteiger partial charge on any atom is -0.312 e. The smallest absolute Gasteiger partial charge is 0.0695 e. The quantitative estimate of drug-likeness (QED) is 0.860. The van der Waals surface area contributed by atoms with E-state index in [1.807, 2.05) is 12.3 Å². The number of aromatic amines is 1. The predicted octanol–water partition coefficient (Wildman–Crippen LogP) is 3.36. The van der Waals surface area contributed by atoms with Crippen LogP contribution in [0.15, 0.2) is 36.5 Å². The molecule has 0 saturated heterocycles. The fourth-order valence-corrected chi connectivity index (χ4v) is 2.76. The molecule has 2 aromatic rings. The molecule has 1 aliphatic rings. The highest BCUT2D eigenvalue weighted by molar-refractivity contribution is 5.62. The zero-order valence-electron chi connectivity index (χ0n) is 11.4. The lowest BCUT2D eigenvalue weighted by atomic mass is 9.70. The Bertz CT molecular complexity index is 526. The SMILES string of the molecule is CC1(CNCc2cn[nH]c2-c2ccccc2)CCC1. The van der Waals surface area contributed by atoms with Crippen LogP contribution in [0.5, 0.6) is 0 Å². The van der Waals surface area contributed by atoms with Gasteiger partial charge in [-0.05, 0) is 23.8 Å². The van der Waals surface area contributed by atoms with Crippen molar-refractivity contribution >= 4 is 0 Å². The van der Waals surface area contributed by atoms with Crippen molar-refractivity contribution in [3.8, 4) is 11.3 Å². The molecule has 100 valence electrons. The van der Waals surface area contributed by atoms with Crippen molar-refractivity contribution in [1.82, 2.24) is 15.5 Å². The summed E-state index contributed by atoms with van der Waals surface area (Å²) < 4.78 is 0. The second-order valence-corrected chi connectivity index (χ2v) is 5.90. The van der Waals surface area contributed by atoms with Gasteiger partial charge in [-0.3, -0.25) is 5.10 Å². The van der Waals surface area contributed by atoms with Crippen LogP contribution in [0.2, 0.25) is 0 Å². The average molecular weight is 255 g/mol. The molecular formula is C16H21N3. The highest BCUT2D eigenvalue weighted by Gasteiger charge is 2.30. The Balaban J connectivity index is 1.64. The van der Waals surface area contributed by atoms with Crippen LogP contribution in [0.4, 0.5) is 0 Å². The Morgan fingerprint density at radius 1 is 1.26 bits per heavy atom. The Kier molecular flexibility index (Phi) is 3.38. The normalized spacial score (nSPS) is 17.1. The van der Waals surface area contributed by atoms with Crippen LogP contribution >= 0.6 is 0 Å². The molecule has 3 heteroatoms. The summed E-state index contributed by atoms with van der Waals surface area (Å²) in [5.41, 5.74) is 4.10. The van der Waals surface area contributed by atoms with Crippen LogP contribution in [0, 0.1) is 5.41 Å². The molecule has 0 atom stereocenters. The third-order valence-corrected chi connectivity index (χ3v) is 4.21. The zero-order chi connectivity index (χ0) is 13.1. The molecule has 0 amide bonds. The minimum atomic E-state index is 0.524. The highest BCUT2D eigenvalue weighted by atomic mass is 15.1. The number of benzene rings is 1. The van der Waals surface area contributed by atoms with Crippen LogP contribution in [-0.4, -0.2) is 16.7 Å². The first-order valence-electron chi connectivity index (χ1n) is 7.05. The maximum atomic E-state index is 4.18. The molecule has 1 heterocycles. The Morgan fingerprint density at radius 3 is 2.74 bits per heavy atom. The van der Waals surface area contributed by atoms with E-state index >= 15 is 0 Å². The van der Waals surface area contributed by atoms with Gasteiger partial charge in [-0.1, -0.05) is 43.7 Å². The lowest BCUT2D eigenvalue weighted by Crippen LogP contribution is -2.36. The molecule has 3 rings (SSSR count). The van der Waals surface area contributed by atoms with Crippen molar-refractivity contribution in [2.45, 2.75) is 32.7 Å². The standard InChI is InChI=1S/C16H21N3/c1-16(8-5-9-16)12-17-10-14-11-18-19-15(14)13-6-3-2-4-7-13/h2-4,6-7,11,17H,5,8-10,12H2,1H3,(H,18,19). The van der Waals surface area contributed by atoms with Gasteiger partial charge in [-0.2, -0.15) is 5.10 Å². The van der Waals surface area contributed by atoms with Crippen molar-refractivity contribution in [3.05, 3.63) is 42.1 Å². The van der Waals surface area contributed by atoms with Gasteiger partial charge in [0.1, 0.15) is 0 Å². The lowest BCUT2D eigenvalue weighted by molar-refractivity contribution is 0.156. The molecule has 0 unspecified atom stereocenters. The number of nitrogens with zero attached hydrogens (tertiary/aromatic N) is 1. The van der Waals surface area contributed by atoms with E-state index in [9.17, 15) is 0 Å². The van der Waals surface area contributed by atoms with E-state index in [0.29, 0.717) is 5.41 Å². The first-order valence-corrected chi connectivity index (χ1v) is 7.05. The second-order valence-electron chi connectivity index (χ2n) is 5.90. The van der Waals surface area contributed by atoms with Gasteiger partial charge >= 0.3 is 0 Å². The van der Waals surface area contributed by atoms with E-state index in [1.165, 1.54) is 30.4 Å². The van der Waals surface area contributed by atoms with E-state index in [-0.39, 0.29) is 0 Å². The second kappa shape index (κ2) is 5.17. The number of H-pyrrole nitrogens is 1. The summed E-state index contributed by atoms with van der Waals surface area (Å²) in [6, 6.07) is 10.4. The van der Waals surface area contributed by atoms with E-state index < -0.39 is 0 Å². The fraction of sp³-hybridized carbons (Fsp3) is 0.438. The topological polar surface area (TPSA) is 40.7 Å². The van der Waals surface area contributed by atoms with Gasteiger partial charge in [0.05, 0.1) is 11.9 Å². The molecule has 0 aliphatic heterocycles. The van der Waals surface area contributed by atoms with E-state index in [4.69, 9.17) is 0 Å². The molecule has 1 aromatic carbocycles. The zero-order valence-corrected chi connectivity index (χ0v) is 11.4. The van der Waals surface area contributed by atoms with E-state index in [1.54, 1.807) is 0 Å². The van der Waals surface area contributed by atoms with Crippen molar-refractivity contribution in [1.29, 1.82) is 0 Å². The molecule has 1 fully saturated rings. The average Bonchev–Trinajstić information content (AvgIpc) is 2.86. The van der Waals surface area contributed by atoms with Gasteiger partial charge in [0.25, 0.3) is 0 Å². The monoisotopic (exact) mass is 255 g/mol. The number of hydrogen-bond acceptors (Lipinski definition) is 2. The van der Waals surface area contributed by atoms with Crippen molar-refractivity contribution in [2.24, 2.45) is 5.41 Å². The largest absolute Gasteiger partial charge is 0.312 e. The van der Waals surface area contributed by atoms with Crippen molar-refractivity contribution in [3.63, 3.8) is 0 Å². The van der Waals surface area contributed by atoms with Crippen molar-refractivity contribution < 1.29 is 0 Å². The summed E-state index contributed by atoms with van der Waals surface area (Å²) in [6.07, 6.45) is 6.03. The number of hydrogen-bond donors (Lipinski definition) is 2. The molecule has 0 radical (unpaired) electrons. The molecular weight excluding hydrogens is 234 g/mol. The summed E-state index contributed by atoms with van der Waals surface area (Å²) in [6.45, 7) is 4.36. The number of nitrogens with one attached hydrogen (secondary N) is 2. The van der Waals surface area contributed by atoms with Gasteiger partial charge in [0.15, 0.2) is 0 Å². The Labute approximate surface area is 114 Å². The molecule has 1 aliphatic carbocycles. The van der Waals surface area contributed by atoms with Crippen LogP contribution in [0.1, 0.15) is 31.7 Å². The summed E-state index contributed by atoms with van der Waals surface area (Å²) >= 11 is 0. The molecule has 19 heavy (non-hydrogen) atoms. The molecule has 3 nitrogen and oxygen atoms in total. The van der Waals surface area contributed by atoms with Gasteiger partial charge in [0, 0.05) is 18.7 Å². The molecule has 1 aromatic heterocycles. The van der Waals surface area contributed by atoms with Crippen LogP contribution in [0.3, 0.4) is 0 Å². The minimum absolute atomic E-state index is 0.524. The first-order chi connectivity index (χ1) is 9.27. The van der Waals surface area contributed by atoms with E-state index in [2.05, 4.69) is 46.7 Å². The highest BCUT2D eigenvalue weighted by Crippen LogP contribution is 2.39. The number of aromatic nitrogens is 2. The maximum absolute atomic E-state index is 4.18. The summed E-state index contributed by atoms with van der Waals surface area (Å²) in [5.74, 6) is 0. The summed E-state index contributed by atoms with van der Waals surface area (Å²) in [4.78, 5) is 0. The van der Waals surface area contributed by atoms with Crippen LogP contribution in [-0.2, 0) is 6.54 Å². The van der Waals surface area contributed by atoms with Gasteiger partial charge in [0.2, 0.25) is 0 Å². The maximum Gasteiger partial charge on any atom is 0.0695 e. The molecule has 0 spiro atoms. The predicted molar refractivity (Wildman–Crippen MR) is 77.7 cm³/mol. The number of rotatable bonds is 5. The third kappa shape index (κ3) is 2.71.